The Morgan fingerprint density at radius 3 is 2.54 bits per heavy atom. The average Bonchev–Trinajstić information content (AvgIpc) is 2.80. The summed E-state index contributed by atoms with van der Waals surface area (Å²) in [5, 5.41) is 13.7. The number of rotatable bonds is 4. The van der Waals surface area contributed by atoms with Gasteiger partial charge >= 0.3 is 0 Å². The molecule has 128 valence electrons. The number of hydrogen-bond acceptors (Lipinski definition) is 5. The minimum atomic E-state index is -1.27. The Bertz CT molecular complexity index is 694. The van der Waals surface area contributed by atoms with Crippen LogP contribution in [0.2, 0.25) is 0 Å². The first-order valence-corrected chi connectivity index (χ1v) is 8.51. The van der Waals surface area contributed by atoms with E-state index in [4.69, 9.17) is 0 Å². The number of nitrogens with zero attached hydrogens (tertiary/aromatic N) is 1. The van der Waals surface area contributed by atoms with Gasteiger partial charge in [0.15, 0.2) is 6.04 Å². The molecule has 4 N–H and O–H groups in total. The van der Waals surface area contributed by atoms with Gasteiger partial charge in [0.05, 0.1) is 12.0 Å². The smallest absolute Gasteiger partial charge is 0.283 e. The second kappa shape index (κ2) is 5.78. The zero-order valence-corrected chi connectivity index (χ0v) is 14.2. The Morgan fingerprint density at radius 2 is 1.96 bits per heavy atom. The topological polar surface area (TPSA) is 117 Å². The number of β-lactam (4-membered cyclic amide) rings is 1. The number of carbonyl (C=O) groups is 3. The molecule has 0 aliphatic carbocycles. The maximum absolute atomic E-state index is 12.4. The number of carboxylic acid groups (broad SMARTS) is 1. The lowest BCUT2D eigenvalue weighted by molar-refractivity contribution is -0.409. The molecule has 0 spiro atoms. The Balaban J connectivity index is 1.71. The lowest BCUT2D eigenvalue weighted by Crippen LogP contribution is -2.73. The van der Waals surface area contributed by atoms with E-state index in [9.17, 15) is 19.5 Å². The van der Waals surface area contributed by atoms with Crippen molar-refractivity contribution in [2.45, 2.75) is 42.1 Å². The second-order valence-corrected chi connectivity index (χ2v) is 8.30. The molecule has 2 aliphatic heterocycles. The van der Waals surface area contributed by atoms with Crippen molar-refractivity contribution in [3.63, 3.8) is 0 Å². The monoisotopic (exact) mass is 349 g/mol. The molecular weight excluding hydrogens is 330 g/mol. The van der Waals surface area contributed by atoms with Gasteiger partial charge in [-0.15, -0.1) is 11.8 Å². The summed E-state index contributed by atoms with van der Waals surface area (Å²) in [5.41, 5.74) is 4.61. The average molecular weight is 349 g/mol. The minimum absolute atomic E-state index is 0.352. The summed E-state index contributed by atoms with van der Waals surface area (Å²) < 4.78 is -0.665. The first kappa shape index (κ1) is 16.8. The SMILES string of the molecule is CC1(C)SC2C(NC(=O)[C@@H]([NH3+])c3ccccc3)C(=O)N2[C@H]1C(=O)[O-]. The van der Waals surface area contributed by atoms with Crippen molar-refractivity contribution in [3.8, 4) is 0 Å². The number of benzene rings is 1. The predicted octanol–water partition coefficient (Wildman–Crippen LogP) is -1.73. The van der Waals surface area contributed by atoms with Gasteiger partial charge in [0, 0.05) is 10.3 Å². The first-order valence-electron chi connectivity index (χ1n) is 7.63. The number of carbonyl (C=O) groups excluding carboxylic acids is 3. The van der Waals surface area contributed by atoms with E-state index >= 15 is 0 Å². The van der Waals surface area contributed by atoms with Crippen LogP contribution >= 0.6 is 11.8 Å². The fourth-order valence-electron chi connectivity index (χ4n) is 3.22. The number of quaternary nitrogens is 1. The van der Waals surface area contributed by atoms with Crippen LogP contribution in [0.4, 0.5) is 0 Å². The van der Waals surface area contributed by atoms with E-state index in [-0.39, 0.29) is 17.2 Å². The molecule has 3 rings (SSSR count). The van der Waals surface area contributed by atoms with Gasteiger partial charge in [-0.25, -0.2) is 0 Å². The van der Waals surface area contributed by atoms with Crippen LogP contribution < -0.4 is 16.2 Å². The van der Waals surface area contributed by atoms with Crippen LogP contribution in [0.5, 0.6) is 0 Å². The van der Waals surface area contributed by atoms with Crippen LogP contribution in [0.1, 0.15) is 25.5 Å². The van der Waals surface area contributed by atoms with Crippen molar-refractivity contribution in [3.05, 3.63) is 35.9 Å². The highest BCUT2D eigenvalue weighted by Crippen LogP contribution is 2.50. The molecule has 2 amide bonds. The highest BCUT2D eigenvalue weighted by Gasteiger charge is 2.62. The second-order valence-electron chi connectivity index (χ2n) is 6.53. The third kappa shape index (κ3) is 2.55. The van der Waals surface area contributed by atoms with E-state index in [1.54, 1.807) is 26.0 Å². The molecule has 2 unspecified atom stereocenters. The molecule has 0 aromatic heterocycles. The number of fused-ring (bicyclic) bond motifs is 1. The van der Waals surface area contributed by atoms with E-state index in [1.165, 1.54) is 16.7 Å². The normalized spacial score (nSPS) is 28.7. The number of nitrogens with one attached hydrogen (secondary N) is 1. The van der Waals surface area contributed by atoms with Crippen LogP contribution in [-0.4, -0.2) is 44.9 Å². The molecule has 2 fully saturated rings. The molecule has 4 atom stereocenters. The van der Waals surface area contributed by atoms with Crippen LogP contribution in [0.15, 0.2) is 30.3 Å². The molecular formula is C16H19N3O4S. The quantitative estimate of drug-likeness (QED) is 0.626. The third-order valence-corrected chi connectivity index (χ3v) is 6.05. The van der Waals surface area contributed by atoms with Crippen LogP contribution in [0.3, 0.4) is 0 Å². The third-order valence-electron chi connectivity index (χ3n) is 4.48. The highest BCUT2D eigenvalue weighted by atomic mass is 32.2. The van der Waals surface area contributed by atoms with Gasteiger partial charge in [0.2, 0.25) is 5.91 Å². The van der Waals surface area contributed by atoms with Gasteiger partial charge in [-0.1, -0.05) is 30.3 Å². The molecule has 8 heteroatoms. The number of carboxylic acids is 1. The molecule has 1 aromatic rings. The summed E-state index contributed by atoms with van der Waals surface area (Å²) in [4.78, 5) is 37.4. The van der Waals surface area contributed by atoms with Crippen LogP contribution in [-0.2, 0) is 14.4 Å². The molecule has 24 heavy (non-hydrogen) atoms. The van der Waals surface area contributed by atoms with E-state index in [2.05, 4.69) is 11.1 Å². The van der Waals surface area contributed by atoms with E-state index in [0.717, 1.165) is 5.56 Å². The zero-order chi connectivity index (χ0) is 17.6. The van der Waals surface area contributed by atoms with Crippen molar-refractivity contribution in [1.82, 2.24) is 10.2 Å². The number of amides is 2. The van der Waals surface area contributed by atoms with Crippen molar-refractivity contribution in [2.24, 2.45) is 0 Å². The molecule has 0 radical (unpaired) electrons. The summed E-state index contributed by atoms with van der Waals surface area (Å²) >= 11 is 1.36. The summed E-state index contributed by atoms with van der Waals surface area (Å²) in [6.07, 6.45) is 0. The molecule has 0 bridgehead atoms. The molecule has 0 saturated carbocycles. The fourth-order valence-corrected chi connectivity index (χ4v) is 4.84. The molecule has 7 nitrogen and oxygen atoms in total. The highest BCUT2D eigenvalue weighted by molar-refractivity contribution is 8.01. The van der Waals surface area contributed by atoms with Gasteiger partial charge < -0.3 is 25.9 Å². The van der Waals surface area contributed by atoms with E-state index in [1.807, 2.05) is 18.2 Å². The van der Waals surface area contributed by atoms with Gasteiger partial charge in [-0.3, -0.25) is 9.59 Å². The summed E-state index contributed by atoms with van der Waals surface area (Å²) in [6.45, 7) is 3.52. The van der Waals surface area contributed by atoms with Crippen molar-refractivity contribution in [2.75, 3.05) is 0 Å². The minimum Gasteiger partial charge on any atom is -0.548 e. The predicted molar refractivity (Wildman–Crippen MR) is 85.1 cm³/mol. The fraction of sp³-hybridized carbons (Fsp3) is 0.438. The van der Waals surface area contributed by atoms with Gasteiger partial charge in [0.1, 0.15) is 11.4 Å². The zero-order valence-electron chi connectivity index (χ0n) is 13.4. The maximum Gasteiger partial charge on any atom is 0.283 e. The lowest BCUT2D eigenvalue weighted by atomic mass is 9.95. The lowest BCUT2D eigenvalue weighted by Gasteiger charge is -2.45. The Hall–Kier alpha value is -2.06. The number of aliphatic carboxylic acids is 1. The van der Waals surface area contributed by atoms with Crippen LogP contribution in [0, 0.1) is 0 Å². The van der Waals surface area contributed by atoms with Crippen molar-refractivity contribution < 1.29 is 25.2 Å². The molecule has 2 heterocycles. The van der Waals surface area contributed by atoms with Crippen LogP contribution in [0.25, 0.3) is 0 Å². The molecule has 2 saturated heterocycles. The Labute approximate surface area is 143 Å². The Morgan fingerprint density at radius 1 is 1.33 bits per heavy atom. The largest absolute Gasteiger partial charge is 0.548 e. The van der Waals surface area contributed by atoms with Crippen molar-refractivity contribution >= 4 is 29.5 Å². The summed E-state index contributed by atoms with van der Waals surface area (Å²) in [6, 6.07) is 6.73. The van der Waals surface area contributed by atoms with E-state index in [0.29, 0.717) is 0 Å². The standard InChI is InChI=1S/C16H19N3O4S/c1-16(2)11(15(22)23)19-13(21)10(14(19)24-16)18-12(20)9(17)8-6-4-3-5-7-8/h3-7,9-11,14H,17H2,1-2H3,(H,18,20)(H,22,23)/t9-,10?,11-,14?/m0/s1. The molecule has 2 aliphatic rings. The van der Waals surface area contributed by atoms with Gasteiger partial charge in [-0.2, -0.15) is 0 Å². The summed E-state index contributed by atoms with van der Waals surface area (Å²) in [7, 11) is 0. The Kier molecular flexibility index (Phi) is 4.05. The first-order chi connectivity index (χ1) is 11.2. The van der Waals surface area contributed by atoms with E-state index < -0.39 is 28.8 Å². The van der Waals surface area contributed by atoms with Gasteiger partial charge in [0.25, 0.3) is 5.91 Å². The number of hydrogen-bond donors (Lipinski definition) is 2. The molecule has 1 aromatic carbocycles. The summed E-state index contributed by atoms with van der Waals surface area (Å²) in [5.74, 6) is -2.01. The maximum atomic E-state index is 12.4. The van der Waals surface area contributed by atoms with Gasteiger partial charge in [-0.05, 0) is 13.8 Å². The number of thioether (sulfide) groups is 1. The van der Waals surface area contributed by atoms with Crippen molar-refractivity contribution in [1.29, 1.82) is 0 Å².